The molecular weight excluding hydrogens is 540 g/mol. The number of amides is 2. The Labute approximate surface area is 233 Å². The fraction of sp³-hybridized carbons (Fsp3) is 0.393. The average Bonchev–Trinajstić information content (AvgIpc) is 3.11. The van der Waals surface area contributed by atoms with E-state index in [0.717, 1.165) is 15.2 Å². The molecule has 2 amide bonds. The number of ketones is 1. The maximum atomic E-state index is 13.3. The molecule has 1 aromatic heterocycles. The van der Waals surface area contributed by atoms with Crippen molar-refractivity contribution in [3.63, 3.8) is 0 Å². The van der Waals surface area contributed by atoms with Crippen molar-refractivity contribution >= 4 is 50.1 Å². The Hall–Kier alpha value is -3.21. The minimum Gasteiger partial charge on any atom is -0.344 e. The van der Waals surface area contributed by atoms with E-state index in [2.05, 4.69) is 10.6 Å². The first-order valence-electron chi connectivity index (χ1n) is 12.9. The summed E-state index contributed by atoms with van der Waals surface area (Å²) >= 11 is 5.97. The molecule has 0 saturated carbocycles. The third-order valence-corrected chi connectivity index (χ3v) is 8.96. The number of aryl methyl sites for hydroxylation is 1. The second-order valence-corrected chi connectivity index (χ2v) is 12.6. The van der Waals surface area contributed by atoms with Gasteiger partial charge in [-0.25, -0.2) is 8.42 Å². The van der Waals surface area contributed by atoms with Crippen molar-refractivity contribution in [3.05, 3.63) is 65.3 Å². The highest BCUT2D eigenvalue weighted by atomic mass is 35.5. The summed E-state index contributed by atoms with van der Waals surface area (Å²) in [6, 6.07) is 13.6. The van der Waals surface area contributed by atoms with Gasteiger partial charge in [-0.2, -0.15) is 4.31 Å². The van der Waals surface area contributed by atoms with Crippen LogP contribution in [0.5, 0.6) is 0 Å². The largest absolute Gasteiger partial charge is 0.344 e. The highest BCUT2D eigenvalue weighted by molar-refractivity contribution is 7.89. The van der Waals surface area contributed by atoms with Crippen LogP contribution < -0.4 is 10.6 Å². The molecule has 208 valence electrons. The third-order valence-electron chi connectivity index (χ3n) is 6.88. The van der Waals surface area contributed by atoms with E-state index in [4.69, 9.17) is 11.6 Å². The summed E-state index contributed by atoms with van der Waals surface area (Å²) in [5.41, 5.74) is 1.32. The molecule has 2 heterocycles. The number of hydrogen-bond donors (Lipinski definition) is 2. The van der Waals surface area contributed by atoms with Gasteiger partial charge in [-0.15, -0.1) is 0 Å². The summed E-state index contributed by atoms with van der Waals surface area (Å²) in [7, 11) is -2.14. The lowest BCUT2D eigenvalue weighted by molar-refractivity contribution is -0.129. The highest BCUT2D eigenvalue weighted by Gasteiger charge is 2.34. The Bertz CT molecular complexity index is 1500. The molecule has 4 rings (SSSR count). The molecule has 2 atom stereocenters. The number of Topliss-reactive ketones (excluding diaryl/α,β-unsaturated/α-hetero) is 1. The summed E-state index contributed by atoms with van der Waals surface area (Å²) in [5.74, 6) is -1.17. The Morgan fingerprint density at radius 2 is 1.85 bits per heavy atom. The van der Waals surface area contributed by atoms with E-state index in [1.807, 2.05) is 38.1 Å². The van der Waals surface area contributed by atoms with Crippen LogP contribution in [0, 0.1) is 5.92 Å². The first-order chi connectivity index (χ1) is 18.5. The molecule has 0 radical (unpaired) electrons. The van der Waals surface area contributed by atoms with Crippen LogP contribution in [0.3, 0.4) is 0 Å². The number of carbonyl (C=O) groups is 3. The van der Waals surface area contributed by atoms with E-state index in [0.29, 0.717) is 18.5 Å². The second kappa shape index (κ2) is 11.9. The molecule has 0 bridgehead atoms. The highest BCUT2D eigenvalue weighted by Crippen LogP contribution is 2.23. The van der Waals surface area contributed by atoms with Gasteiger partial charge in [0.25, 0.3) is 5.91 Å². The fourth-order valence-electron chi connectivity index (χ4n) is 4.84. The minimum atomic E-state index is -3.93. The van der Waals surface area contributed by atoms with Gasteiger partial charge in [0.15, 0.2) is 5.78 Å². The predicted octanol–water partition coefficient (Wildman–Crippen LogP) is 3.51. The number of para-hydroxylation sites is 1. The molecule has 1 aliphatic heterocycles. The molecule has 2 aromatic carbocycles. The van der Waals surface area contributed by atoms with Crippen LogP contribution in [0.4, 0.5) is 0 Å². The molecule has 0 spiro atoms. The maximum Gasteiger partial charge on any atom is 0.268 e. The molecule has 1 unspecified atom stereocenters. The first kappa shape index (κ1) is 28.8. The van der Waals surface area contributed by atoms with E-state index in [9.17, 15) is 22.8 Å². The van der Waals surface area contributed by atoms with Gasteiger partial charge < -0.3 is 15.2 Å². The van der Waals surface area contributed by atoms with Crippen molar-refractivity contribution in [2.75, 3.05) is 13.1 Å². The smallest absolute Gasteiger partial charge is 0.268 e. The van der Waals surface area contributed by atoms with Gasteiger partial charge in [-0.05, 0) is 55.5 Å². The van der Waals surface area contributed by atoms with Crippen molar-refractivity contribution in [1.29, 1.82) is 0 Å². The molecule has 11 heteroatoms. The van der Waals surface area contributed by atoms with E-state index in [-0.39, 0.29) is 41.3 Å². The number of nitrogens with one attached hydrogen (secondary N) is 2. The Morgan fingerprint density at radius 3 is 2.54 bits per heavy atom. The van der Waals surface area contributed by atoms with E-state index < -0.39 is 33.8 Å². The van der Waals surface area contributed by atoms with Gasteiger partial charge in [-0.3, -0.25) is 14.4 Å². The number of nitrogens with zero attached hydrogens (tertiary/aromatic N) is 2. The average molecular weight is 573 g/mol. The van der Waals surface area contributed by atoms with Crippen molar-refractivity contribution in [3.8, 4) is 0 Å². The van der Waals surface area contributed by atoms with Gasteiger partial charge in [-0.1, -0.05) is 49.7 Å². The molecule has 3 aromatic rings. The number of benzene rings is 2. The number of aromatic nitrogens is 1. The lowest BCUT2D eigenvalue weighted by Gasteiger charge is -2.23. The molecule has 0 aliphatic carbocycles. The van der Waals surface area contributed by atoms with Crippen LogP contribution in [0.25, 0.3) is 10.9 Å². The molecule has 9 nitrogen and oxygen atoms in total. The van der Waals surface area contributed by atoms with Crippen LogP contribution in [-0.4, -0.2) is 60.1 Å². The van der Waals surface area contributed by atoms with Gasteiger partial charge in [0.2, 0.25) is 15.9 Å². The number of rotatable bonds is 8. The topological polar surface area (TPSA) is 118 Å². The molecular formula is C28H33ClN4O5S. The quantitative estimate of drug-likeness (QED) is 0.428. The van der Waals surface area contributed by atoms with Crippen LogP contribution in [0.2, 0.25) is 5.02 Å². The number of hydrogen-bond acceptors (Lipinski definition) is 5. The molecule has 1 fully saturated rings. The summed E-state index contributed by atoms with van der Waals surface area (Å²) in [5, 5.41) is 6.82. The van der Waals surface area contributed by atoms with Crippen LogP contribution in [-0.2, 0) is 26.7 Å². The zero-order valence-corrected chi connectivity index (χ0v) is 23.8. The van der Waals surface area contributed by atoms with Crippen LogP contribution in [0.1, 0.15) is 43.6 Å². The lowest BCUT2D eigenvalue weighted by Crippen LogP contribution is -2.52. The number of halogens is 1. The van der Waals surface area contributed by atoms with Gasteiger partial charge in [0.1, 0.15) is 11.7 Å². The van der Waals surface area contributed by atoms with E-state index in [1.165, 1.54) is 12.1 Å². The molecule has 1 aliphatic rings. The Balaban J connectivity index is 1.46. The van der Waals surface area contributed by atoms with Crippen molar-refractivity contribution in [1.82, 2.24) is 19.5 Å². The standard InChI is InChI=1S/C28H33ClN4O5S/c1-18(2)14-23(31-28(36)25-15-19-8-4-5-12-24(19)32(25)3)27(35)30-22-11-7-13-33(17-26(22)34)39(37,38)21-10-6-9-20(29)16-21/h4-6,8-10,12,15-16,18,22-23H,7,11,13-14,17H2,1-3H3,(H,30,35)(H,31,36)/t22-,23?/m0/s1. The van der Waals surface area contributed by atoms with Crippen molar-refractivity contribution in [2.24, 2.45) is 13.0 Å². The minimum absolute atomic E-state index is 0.0123. The van der Waals surface area contributed by atoms with Crippen molar-refractivity contribution < 1.29 is 22.8 Å². The summed E-state index contributed by atoms with van der Waals surface area (Å²) in [4.78, 5) is 39.6. The van der Waals surface area contributed by atoms with E-state index in [1.54, 1.807) is 29.8 Å². The monoisotopic (exact) mass is 572 g/mol. The van der Waals surface area contributed by atoms with Gasteiger partial charge in [0.05, 0.1) is 17.5 Å². The Morgan fingerprint density at radius 1 is 1.10 bits per heavy atom. The summed E-state index contributed by atoms with van der Waals surface area (Å²) < 4.78 is 29.1. The number of fused-ring (bicyclic) bond motifs is 1. The predicted molar refractivity (Wildman–Crippen MR) is 150 cm³/mol. The van der Waals surface area contributed by atoms with Gasteiger partial charge >= 0.3 is 0 Å². The lowest BCUT2D eigenvalue weighted by atomic mass is 10.0. The molecule has 2 N–H and O–H groups in total. The summed E-state index contributed by atoms with van der Waals surface area (Å²) in [6.07, 6.45) is 1.04. The Kier molecular flexibility index (Phi) is 8.78. The third kappa shape index (κ3) is 6.51. The number of sulfonamides is 1. The first-order valence-corrected chi connectivity index (χ1v) is 14.7. The number of carbonyl (C=O) groups excluding carboxylic acids is 3. The SMILES string of the molecule is CC(C)CC(NC(=O)c1cc2ccccc2n1C)C(=O)N[C@H]1CCCN(S(=O)(=O)c2cccc(Cl)c2)CC1=O. The maximum absolute atomic E-state index is 13.3. The van der Waals surface area contributed by atoms with Gasteiger partial charge in [0, 0.05) is 29.5 Å². The zero-order valence-electron chi connectivity index (χ0n) is 22.2. The zero-order chi connectivity index (χ0) is 28.3. The van der Waals surface area contributed by atoms with Crippen LogP contribution >= 0.6 is 11.6 Å². The van der Waals surface area contributed by atoms with Crippen LogP contribution in [0.15, 0.2) is 59.5 Å². The van der Waals surface area contributed by atoms with E-state index >= 15 is 0 Å². The molecule has 39 heavy (non-hydrogen) atoms. The fourth-order valence-corrected chi connectivity index (χ4v) is 6.59. The molecule has 1 saturated heterocycles. The second-order valence-electron chi connectivity index (χ2n) is 10.3. The van der Waals surface area contributed by atoms with Crippen molar-refractivity contribution in [2.45, 2.75) is 50.1 Å². The normalized spacial score (nSPS) is 17.7. The summed E-state index contributed by atoms with van der Waals surface area (Å²) in [6.45, 7) is 3.66.